The summed E-state index contributed by atoms with van der Waals surface area (Å²) < 4.78 is 3.20. The molecular formula is C9H12N6O2S. The molecule has 0 aliphatic carbocycles. The second-order valence-corrected chi connectivity index (χ2v) is 4.49. The van der Waals surface area contributed by atoms with Crippen LogP contribution in [-0.4, -0.2) is 29.2 Å². The summed E-state index contributed by atoms with van der Waals surface area (Å²) in [5.74, 6) is 1.25. The van der Waals surface area contributed by atoms with Crippen LogP contribution in [0, 0.1) is 10.1 Å². The van der Waals surface area contributed by atoms with Crippen molar-refractivity contribution in [1.29, 1.82) is 0 Å². The van der Waals surface area contributed by atoms with Crippen LogP contribution in [-0.2, 0) is 20.5 Å². The smallest absolute Gasteiger partial charge is 0.342 e. The van der Waals surface area contributed by atoms with Crippen LogP contribution in [0.25, 0.3) is 0 Å². The fraction of sp³-hybridized carbons (Fsp3) is 0.444. The van der Waals surface area contributed by atoms with Crippen LogP contribution in [0.3, 0.4) is 0 Å². The lowest BCUT2D eigenvalue weighted by Gasteiger charge is -2.07. The molecule has 2 rings (SSSR count). The zero-order valence-electron chi connectivity index (χ0n) is 9.89. The lowest BCUT2D eigenvalue weighted by atomic mass is 10.2. The highest BCUT2D eigenvalue weighted by atomic mass is 32.1. The van der Waals surface area contributed by atoms with Gasteiger partial charge >= 0.3 is 5.82 Å². The zero-order chi connectivity index (χ0) is 13.3. The van der Waals surface area contributed by atoms with Crippen molar-refractivity contribution in [3.63, 3.8) is 0 Å². The topological polar surface area (TPSA) is 91.7 Å². The van der Waals surface area contributed by atoms with Gasteiger partial charge in [-0.15, -0.1) is 10.2 Å². The molecule has 0 aromatic carbocycles. The molecule has 0 fully saturated rings. The van der Waals surface area contributed by atoms with Crippen LogP contribution in [0.5, 0.6) is 0 Å². The number of hydrogen-bond acceptors (Lipinski definition) is 6. The first kappa shape index (κ1) is 12.6. The molecule has 0 aliphatic rings. The largest absolute Gasteiger partial charge is 0.358 e. The van der Waals surface area contributed by atoms with E-state index in [4.69, 9.17) is 0 Å². The van der Waals surface area contributed by atoms with E-state index in [2.05, 4.69) is 27.8 Å². The third-order valence-corrected chi connectivity index (χ3v) is 3.08. The summed E-state index contributed by atoms with van der Waals surface area (Å²) in [6.07, 6.45) is 3.27. The minimum Gasteiger partial charge on any atom is -0.358 e. The van der Waals surface area contributed by atoms with Crippen LogP contribution in [0.15, 0.2) is 12.5 Å². The minimum absolute atomic E-state index is 0.0384. The molecule has 2 aromatic heterocycles. The Morgan fingerprint density at radius 2 is 2.28 bits per heavy atom. The van der Waals surface area contributed by atoms with Crippen molar-refractivity contribution in [1.82, 2.24) is 24.3 Å². The summed E-state index contributed by atoms with van der Waals surface area (Å²) >= 11 is 4.43. The van der Waals surface area contributed by atoms with Gasteiger partial charge in [0.25, 0.3) is 0 Å². The number of thiol groups is 1. The van der Waals surface area contributed by atoms with Crippen LogP contribution in [0.4, 0.5) is 5.82 Å². The molecule has 1 unspecified atom stereocenters. The average molecular weight is 268 g/mol. The van der Waals surface area contributed by atoms with Crippen molar-refractivity contribution in [3.05, 3.63) is 34.3 Å². The van der Waals surface area contributed by atoms with E-state index in [0.717, 1.165) is 0 Å². The Morgan fingerprint density at radius 1 is 1.56 bits per heavy atom. The van der Waals surface area contributed by atoms with Crippen LogP contribution >= 0.6 is 12.6 Å². The van der Waals surface area contributed by atoms with Gasteiger partial charge in [-0.1, -0.05) is 0 Å². The van der Waals surface area contributed by atoms with E-state index >= 15 is 0 Å². The summed E-state index contributed by atoms with van der Waals surface area (Å²) in [6, 6.07) is 0. The van der Waals surface area contributed by atoms with Crippen LogP contribution in [0.1, 0.15) is 16.9 Å². The first-order valence-corrected chi connectivity index (χ1v) is 5.69. The second kappa shape index (κ2) is 4.77. The molecule has 0 bridgehead atoms. The van der Waals surface area contributed by atoms with E-state index in [1.807, 2.05) is 7.05 Å². The van der Waals surface area contributed by atoms with Crippen LogP contribution in [0.2, 0.25) is 0 Å². The Kier molecular flexibility index (Phi) is 3.32. The van der Waals surface area contributed by atoms with Gasteiger partial charge in [-0.2, -0.15) is 12.6 Å². The maximum atomic E-state index is 10.7. The molecule has 1 atom stereocenters. The Balaban J connectivity index is 2.20. The maximum Gasteiger partial charge on any atom is 0.342 e. The molecule has 0 spiro atoms. The van der Waals surface area contributed by atoms with E-state index in [0.29, 0.717) is 18.1 Å². The summed E-state index contributed by atoms with van der Waals surface area (Å²) in [4.78, 5) is 14.3. The number of imidazole rings is 1. The Hall–Kier alpha value is -1.90. The van der Waals surface area contributed by atoms with Crippen LogP contribution < -0.4 is 0 Å². The van der Waals surface area contributed by atoms with E-state index < -0.39 is 4.92 Å². The van der Waals surface area contributed by atoms with Crippen molar-refractivity contribution in [2.24, 2.45) is 14.1 Å². The molecule has 8 nitrogen and oxygen atoms in total. The third kappa shape index (κ3) is 2.21. The van der Waals surface area contributed by atoms with Crippen molar-refractivity contribution in [3.8, 4) is 0 Å². The maximum absolute atomic E-state index is 10.7. The standard InChI is InChI=1S/C9H12N6O2S/c1-13-5-11-12-9(13)6(18)3-7-10-4-8(14(7)2)15(16)17/h4-6,18H,3H2,1-2H3. The molecule has 2 heterocycles. The number of nitrogens with zero attached hydrogens (tertiary/aromatic N) is 6. The van der Waals surface area contributed by atoms with Crippen molar-refractivity contribution in [2.75, 3.05) is 0 Å². The minimum atomic E-state index is -0.466. The highest BCUT2D eigenvalue weighted by Crippen LogP contribution is 2.23. The van der Waals surface area contributed by atoms with Gasteiger partial charge in [-0.05, 0) is 4.92 Å². The molecule has 0 radical (unpaired) electrons. The normalized spacial score (nSPS) is 12.6. The molecular weight excluding hydrogens is 256 g/mol. The number of hydrogen-bond donors (Lipinski definition) is 1. The second-order valence-electron chi connectivity index (χ2n) is 3.87. The molecule has 0 amide bonds. The van der Waals surface area contributed by atoms with Crippen molar-refractivity contribution < 1.29 is 4.92 Å². The van der Waals surface area contributed by atoms with Crippen molar-refractivity contribution >= 4 is 18.4 Å². The van der Waals surface area contributed by atoms with Crippen molar-refractivity contribution in [2.45, 2.75) is 11.7 Å². The molecule has 0 saturated carbocycles. The van der Waals surface area contributed by atoms with E-state index in [-0.39, 0.29) is 11.1 Å². The number of aromatic nitrogens is 5. The summed E-state index contributed by atoms with van der Waals surface area (Å²) in [5.41, 5.74) is 0. The highest BCUT2D eigenvalue weighted by Gasteiger charge is 2.21. The average Bonchev–Trinajstić information content (AvgIpc) is 2.86. The quantitative estimate of drug-likeness (QED) is 0.500. The van der Waals surface area contributed by atoms with Gasteiger partial charge < -0.3 is 14.7 Å². The van der Waals surface area contributed by atoms with Gasteiger partial charge in [0.15, 0.2) is 5.82 Å². The zero-order valence-corrected chi connectivity index (χ0v) is 10.8. The number of rotatable bonds is 4. The third-order valence-electron chi connectivity index (χ3n) is 2.67. The number of aryl methyl sites for hydroxylation is 1. The van der Waals surface area contributed by atoms with E-state index in [9.17, 15) is 10.1 Å². The summed E-state index contributed by atoms with van der Waals surface area (Å²) in [6.45, 7) is 0. The Bertz CT molecular complexity index is 577. The van der Waals surface area contributed by atoms with E-state index in [1.165, 1.54) is 10.8 Å². The van der Waals surface area contributed by atoms with Gasteiger partial charge in [0.1, 0.15) is 18.3 Å². The van der Waals surface area contributed by atoms with Gasteiger partial charge in [0.05, 0.1) is 12.3 Å². The van der Waals surface area contributed by atoms with Gasteiger partial charge in [0.2, 0.25) is 0 Å². The fourth-order valence-corrected chi connectivity index (χ4v) is 2.05. The monoisotopic (exact) mass is 268 g/mol. The molecule has 96 valence electrons. The lowest BCUT2D eigenvalue weighted by Crippen LogP contribution is -2.08. The highest BCUT2D eigenvalue weighted by molar-refractivity contribution is 7.80. The first-order chi connectivity index (χ1) is 8.50. The summed E-state index contributed by atoms with van der Waals surface area (Å²) in [7, 11) is 3.43. The fourth-order valence-electron chi connectivity index (χ4n) is 1.65. The van der Waals surface area contributed by atoms with E-state index in [1.54, 1.807) is 17.9 Å². The lowest BCUT2D eigenvalue weighted by molar-refractivity contribution is -0.391. The molecule has 9 heteroatoms. The Morgan fingerprint density at radius 3 is 2.78 bits per heavy atom. The SMILES string of the molecule is Cn1cnnc1C(S)Cc1ncc([N+](=O)[O-])n1C. The van der Waals surface area contributed by atoms with Gasteiger partial charge in [-0.25, -0.2) is 9.55 Å². The molecule has 0 N–H and O–H groups in total. The van der Waals surface area contributed by atoms with Gasteiger partial charge in [-0.3, -0.25) is 0 Å². The molecule has 0 aliphatic heterocycles. The molecule has 0 saturated heterocycles. The first-order valence-electron chi connectivity index (χ1n) is 5.17. The number of nitro groups is 1. The Labute approximate surface area is 108 Å². The molecule has 2 aromatic rings. The summed E-state index contributed by atoms with van der Waals surface area (Å²) in [5, 5.41) is 18.2. The van der Waals surface area contributed by atoms with Gasteiger partial charge in [0, 0.05) is 13.5 Å². The molecule has 18 heavy (non-hydrogen) atoms. The predicted octanol–water partition coefficient (Wildman–Crippen LogP) is 0.670. The predicted molar refractivity (Wildman–Crippen MR) is 66.3 cm³/mol.